The van der Waals surface area contributed by atoms with E-state index in [1.54, 1.807) is 24.3 Å². The second-order valence-electron chi connectivity index (χ2n) is 4.26. The molecule has 0 spiro atoms. The number of hydrogen-bond acceptors (Lipinski definition) is 2. The Hall–Kier alpha value is -1.39. The van der Waals surface area contributed by atoms with Crippen molar-refractivity contribution in [3.63, 3.8) is 0 Å². The third kappa shape index (κ3) is 3.55. The molecule has 2 rings (SSSR count). The van der Waals surface area contributed by atoms with E-state index in [0.29, 0.717) is 10.2 Å². The van der Waals surface area contributed by atoms with Gasteiger partial charge in [0, 0.05) is 10.5 Å². The Balaban J connectivity index is 2.15. The van der Waals surface area contributed by atoms with Crippen LogP contribution in [0.3, 0.4) is 0 Å². The minimum Gasteiger partial charge on any atom is -0.454 e. The molecule has 0 aliphatic carbocycles. The van der Waals surface area contributed by atoms with Crippen molar-refractivity contribution in [3.05, 3.63) is 58.3 Å². The summed E-state index contributed by atoms with van der Waals surface area (Å²) in [4.78, 5) is 0. The Morgan fingerprint density at radius 2 is 1.89 bits per heavy atom. The van der Waals surface area contributed by atoms with Gasteiger partial charge in [-0.3, -0.25) is 0 Å². The fourth-order valence-electron chi connectivity index (χ4n) is 1.70. The molecule has 4 heteroatoms. The molecule has 0 amide bonds. The van der Waals surface area contributed by atoms with Crippen LogP contribution in [0.25, 0.3) is 0 Å². The second kappa shape index (κ2) is 6.17. The van der Waals surface area contributed by atoms with E-state index in [2.05, 4.69) is 15.9 Å². The van der Waals surface area contributed by atoms with Crippen molar-refractivity contribution < 1.29 is 9.13 Å². The first-order valence-electron chi connectivity index (χ1n) is 6.08. The minimum absolute atomic E-state index is 0.0264. The molecular formula is C15H15BrFNO. The summed E-state index contributed by atoms with van der Waals surface area (Å²) in [6.07, 6.45) is 0.877. The first kappa shape index (κ1) is 14.0. The average molecular weight is 324 g/mol. The lowest BCUT2D eigenvalue weighted by molar-refractivity contribution is 0.441. The summed E-state index contributed by atoms with van der Waals surface area (Å²) in [5.41, 5.74) is 6.98. The van der Waals surface area contributed by atoms with Gasteiger partial charge in [-0.25, -0.2) is 4.39 Å². The Labute approximate surface area is 120 Å². The van der Waals surface area contributed by atoms with E-state index in [9.17, 15) is 4.39 Å². The molecule has 0 saturated heterocycles. The van der Waals surface area contributed by atoms with Gasteiger partial charge in [0.05, 0.1) is 0 Å². The Bertz CT molecular complexity index is 557. The van der Waals surface area contributed by atoms with Gasteiger partial charge in [-0.15, -0.1) is 0 Å². The van der Waals surface area contributed by atoms with Crippen LogP contribution in [0.2, 0.25) is 0 Å². The largest absolute Gasteiger partial charge is 0.454 e. The summed E-state index contributed by atoms with van der Waals surface area (Å²) in [6, 6.07) is 12.1. The predicted octanol–water partition coefficient (Wildman–Crippen LogP) is 4.79. The van der Waals surface area contributed by atoms with Gasteiger partial charge in [-0.1, -0.05) is 35.0 Å². The Morgan fingerprint density at radius 1 is 1.21 bits per heavy atom. The molecule has 0 aliphatic rings. The smallest absolute Gasteiger partial charge is 0.166 e. The van der Waals surface area contributed by atoms with Gasteiger partial charge < -0.3 is 10.5 Å². The molecule has 2 N–H and O–H groups in total. The zero-order valence-corrected chi connectivity index (χ0v) is 12.2. The molecule has 2 nitrogen and oxygen atoms in total. The van der Waals surface area contributed by atoms with Crippen LogP contribution in [0.1, 0.15) is 24.9 Å². The topological polar surface area (TPSA) is 35.2 Å². The van der Waals surface area contributed by atoms with E-state index in [-0.39, 0.29) is 11.8 Å². The molecule has 0 bridgehead atoms. The van der Waals surface area contributed by atoms with Crippen molar-refractivity contribution in [2.45, 2.75) is 19.4 Å². The minimum atomic E-state index is -0.399. The summed E-state index contributed by atoms with van der Waals surface area (Å²) >= 11 is 3.21. The standard InChI is InChI=1S/C15H15BrFNO/c1-2-14(18)10-3-6-12(7-4-10)19-15-8-5-11(16)9-13(15)17/h3-9,14H,2,18H2,1H3. The highest BCUT2D eigenvalue weighted by Crippen LogP contribution is 2.27. The van der Waals surface area contributed by atoms with Crippen molar-refractivity contribution in [1.29, 1.82) is 0 Å². The zero-order valence-electron chi connectivity index (χ0n) is 10.6. The van der Waals surface area contributed by atoms with Crippen LogP contribution in [0, 0.1) is 5.82 Å². The van der Waals surface area contributed by atoms with E-state index in [1.165, 1.54) is 6.07 Å². The van der Waals surface area contributed by atoms with Crippen LogP contribution in [-0.4, -0.2) is 0 Å². The third-order valence-electron chi connectivity index (χ3n) is 2.87. The van der Waals surface area contributed by atoms with Crippen LogP contribution < -0.4 is 10.5 Å². The second-order valence-corrected chi connectivity index (χ2v) is 5.18. The van der Waals surface area contributed by atoms with Gasteiger partial charge in [-0.05, 0) is 42.3 Å². The maximum absolute atomic E-state index is 13.6. The summed E-state index contributed by atoms with van der Waals surface area (Å²) < 4.78 is 19.8. The predicted molar refractivity (Wildman–Crippen MR) is 77.8 cm³/mol. The number of benzene rings is 2. The van der Waals surface area contributed by atoms with E-state index < -0.39 is 5.82 Å². The molecule has 0 aromatic heterocycles. The fourth-order valence-corrected chi connectivity index (χ4v) is 2.04. The number of halogens is 2. The lowest BCUT2D eigenvalue weighted by Gasteiger charge is -2.11. The molecular weight excluding hydrogens is 309 g/mol. The van der Waals surface area contributed by atoms with Crippen LogP contribution in [0.5, 0.6) is 11.5 Å². The van der Waals surface area contributed by atoms with E-state index in [0.717, 1.165) is 12.0 Å². The molecule has 0 radical (unpaired) electrons. The first-order chi connectivity index (χ1) is 9.10. The van der Waals surface area contributed by atoms with Crippen molar-refractivity contribution in [2.75, 3.05) is 0 Å². The van der Waals surface area contributed by atoms with Crippen LogP contribution in [0.4, 0.5) is 4.39 Å². The molecule has 0 aliphatic heterocycles. The number of nitrogens with two attached hydrogens (primary N) is 1. The van der Waals surface area contributed by atoms with Crippen molar-refractivity contribution in [3.8, 4) is 11.5 Å². The monoisotopic (exact) mass is 323 g/mol. The molecule has 0 saturated carbocycles. The van der Waals surface area contributed by atoms with Gasteiger partial charge in [0.15, 0.2) is 11.6 Å². The number of hydrogen-bond donors (Lipinski definition) is 1. The highest BCUT2D eigenvalue weighted by Gasteiger charge is 2.07. The maximum Gasteiger partial charge on any atom is 0.166 e. The summed E-state index contributed by atoms with van der Waals surface area (Å²) in [7, 11) is 0. The third-order valence-corrected chi connectivity index (χ3v) is 3.36. The number of rotatable bonds is 4. The maximum atomic E-state index is 13.6. The molecule has 0 heterocycles. The number of ether oxygens (including phenoxy) is 1. The van der Waals surface area contributed by atoms with Crippen molar-refractivity contribution in [1.82, 2.24) is 0 Å². The van der Waals surface area contributed by atoms with Gasteiger partial charge >= 0.3 is 0 Å². The van der Waals surface area contributed by atoms with E-state index in [1.807, 2.05) is 19.1 Å². The normalized spacial score (nSPS) is 12.2. The summed E-state index contributed by atoms with van der Waals surface area (Å²) in [5.74, 6) is 0.396. The molecule has 2 aromatic rings. The molecule has 19 heavy (non-hydrogen) atoms. The molecule has 0 fully saturated rings. The van der Waals surface area contributed by atoms with E-state index >= 15 is 0 Å². The van der Waals surface area contributed by atoms with Gasteiger partial charge in [0.1, 0.15) is 5.75 Å². The molecule has 1 atom stereocenters. The van der Waals surface area contributed by atoms with Crippen molar-refractivity contribution >= 4 is 15.9 Å². The Morgan fingerprint density at radius 3 is 2.47 bits per heavy atom. The quantitative estimate of drug-likeness (QED) is 0.877. The van der Waals surface area contributed by atoms with Gasteiger partial charge in [0.25, 0.3) is 0 Å². The first-order valence-corrected chi connectivity index (χ1v) is 6.88. The lowest BCUT2D eigenvalue weighted by Crippen LogP contribution is -2.08. The van der Waals surface area contributed by atoms with Crippen LogP contribution in [-0.2, 0) is 0 Å². The summed E-state index contributed by atoms with van der Waals surface area (Å²) in [6.45, 7) is 2.03. The molecule has 2 aromatic carbocycles. The lowest BCUT2D eigenvalue weighted by atomic mass is 10.1. The highest BCUT2D eigenvalue weighted by atomic mass is 79.9. The molecule has 1 unspecified atom stereocenters. The van der Waals surface area contributed by atoms with Crippen molar-refractivity contribution in [2.24, 2.45) is 5.73 Å². The zero-order chi connectivity index (χ0) is 13.8. The highest BCUT2D eigenvalue weighted by molar-refractivity contribution is 9.10. The van der Waals surface area contributed by atoms with E-state index in [4.69, 9.17) is 10.5 Å². The van der Waals surface area contributed by atoms with Gasteiger partial charge in [0.2, 0.25) is 0 Å². The molecule has 100 valence electrons. The van der Waals surface area contributed by atoms with Gasteiger partial charge in [-0.2, -0.15) is 0 Å². The SMILES string of the molecule is CCC(N)c1ccc(Oc2ccc(Br)cc2F)cc1. The van der Waals surface area contributed by atoms with Crippen LogP contribution in [0.15, 0.2) is 46.9 Å². The van der Waals surface area contributed by atoms with Crippen LogP contribution >= 0.6 is 15.9 Å². The fraction of sp³-hybridized carbons (Fsp3) is 0.200. The Kier molecular flexibility index (Phi) is 4.56. The summed E-state index contributed by atoms with van der Waals surface area (Å²) in [5, 5.41) is 0. The average Bonchev–Trinajstić information content (AvgIpc) is 2.42.